The van der Waals surface area contributed by atoms with Crippen LogP contribution < -0.4 is 10.2 Å². The number of hydrogen-bond donors (Lipinski definition) is 1. The van der Waals surface area contributed by atoms with E-state index in [2.05, 4.69) is 35.2 Å². The molecule has 2 heterocycles. The fourth-order valence-corrected chi connectivity index (χ4v) is 1.89. The molecule has 0 aliphatic carbocycles. The number of rotatable bonds is 6. The SMILES string of the molecule is CCNCc1ccncc1N(C)Cc1ccco1. The highest BCUT2D eigenvalue weighted by Gasteiger charge is 2.08. The highest BCUT2D eigenvalue weighted by molar-refractivity contribution is 5.51. The van der Waals surface area contributed by atoms with Crippen molar-refractivity contribution in [2.75, 3.05) is 18.5 Å². The third-order valence-corrected chi connectivity index (χ3v) is 2.84. The predicted molar refractivity (Wildman–Crippen MR) is 72.4 cm³/mol. The minimum atomic E-state index is 0.748. The highest BCUT2D eigenvalue weighted by Crippen LogP contribution is 2.19. The summed E-state index contributed by atoms with van der Waals surface area (Å²) in [5, 5.41) is 3.34. The van der Waals surface area contributed by atoms with E-state index < -0.39 is 0 Å². The van der Waals surface area contributed by atoms with Gasteiger partial charge in [-0.3, -0.25) is 4.98 Å². The normalized spacial score (nSPS) is 10.6. The van der Waals surface area contributed by atoms with E-state index in [-0.39, 0.29) is 0 Å². The zero-order chi connectivity index (χ0) is 12.8. The van der Waals surface area contributed by atoms with Crippen molar-refractivity contribution in [2.45, 2.75) is 20.0 Å². The lowest BCUT2D eigenvalue weighted by Crippen LogP contribution is -2.20. The Hall–Kier alpha value is -1.81. The summed E-state index contributed by atoms with van der Waals surface area (Å²) in [6, 6.07) is 5.94. The van der Waals surface area contributed by atoms with Gasteiger partial charge in [0.15, 0.2) is 0 Å². The van der Waals surface area contributed by atoms with E-state index in [4.69, 9.17) is 4.42 Å². The van der Waals surface area contributed by atoms with Gasteiger partial charge in [0.05, 0.1) is 24.7 Å². The molecule has 96 valence electrons. The Balaban J connectivity index is 2.11. The first-order chi connectivity index (χ1) is 8.81. The summed E-state index contributed by atoms with van der Waals surface area (Å²) < 4.78 is 5.37. The minimum absolute atomic E-state index is 0.748. The monoisotopic (exact) mass is 245 g/mol. The number of nitrogens with one attached hydrogen (secondary N) is 1. The van der Waals surface area contributed by atoms with Gasteiger partial charge in [-0.2, -0.15) is 0 Å². The van der Waals surface area contributed by atoms with Gasteiger partial charge in [-0.15, -0.1) is 0 Å². The molecule has 0 aliphatic rings. The van der Waals surface area contributed by atoms with Gasteiger partial charge in [0.2, 0.25) is 0 Å². The average Bonchev–Trinajstić information content (AvgIpc) is 2.89. The summed E-state index contributed by atoms with van der Waals surface area (Å²) >= 11 is 0. The molecule has 0 saturated carbocycles. The highest BCUT2D eigenvalue weighted by atomic mass is 16.3. The molecule has 0 unspecified atom stereocenters. The molecule has 0 radical (unpaired) electrons. The van der Waals surface area contributed by atoms with E-state index in [1.165, 1.54) is 5.56 Å². The topological polar surface area (TPSA) is 41.3 Å². The Morgan fingerprint density at radius 2 is 2.28 bits per heavy atom. The number of hydrogen-bond acceptors (Lipinski definition) is 4. The molecule has 4 heteroatoms. The van der Waals surface area contributed by atoms with Crippen LogP contribution in [0, 0.1) is 0 Å². The Morgan fingerprint density at radius 3 is 3.00 bits per heavy atom. The summed E-state index contributed by atoms with van der Waals surface area (Å²) in [4.78, 5) is 6.36. The van der Waals surface area contributed by atoms with Gasteiger partial charge in [0.1, 0.15) is 5.76 Å². The molecule has 0 spiro atoms. The third-order valence-electron chi connectivity index (χ3n) is 2.84. The Bertz CT molecular complexity index is 468. The molecule has 2 aromatic heterocycles. The predicted octanol–water partition coefficient (Wildman–Crippen LogP) is 2.42. The van der Waals surface area contributed by atoms with Gasteiger partial charge in [-0.25, -0.2) is 0 Å². The van der Waals surface area contributed by atoms with E-state index in [1.807, 2.05) is 24.5 Å². The van der Waals surface area contributed by atoms with Crippen molar-refractivity contribution in [2.24, 2.45) is 0 Å². The average molecular weight is 245 g/mol. The van der Waals surface area contributed by atoms with E-state index in [0.29, 0.717) is 0 Å². The Labute approximate surface area is 108 Å². The molecule has 4 nitrogen and oxygen atoms in total. The minimum Gasteiger partial charge on any atom is -0.467 e. The van der Waals surface area contributed by atoms with Crippen molar-refractivity contribution in [1.29, 1.82) is 0 Å². The van der Waals surface area contributed by atoms with Gasteiger partial charge < -0.3 is 14.6 Å². The standard InChI is InChI=1S/C14H19N3O/c1-3-15-9-12-6-7-16-10-14(12)17(2)11-13-5-4-8-18-13/h4-8,10,15H,3,9,11H2,1-2H3. The molecule has 2 aromatic rings. The molecule has 0 fully saturated rings. The van der Waals surface area contributed by atoms with Crippen LogP contribution in [0.5, 0.6) is 0 Å². The van der Waals surface area contributed by atoms with Crippen LogP contribution in [-0.4, -0.2) is 18.6 Å². The third kappa shape index (κ3) is 3.11. The molecule has 18 heavy (non-hydrogen) atoms. The van der Waals surface area contributed by atoms with Gasteiger partial charge in [-0.05, 0) is 30.3 Å². The summed E-state index contributed by atoms with van der Waals surface area (Å²) in [6.07, 6.45) is 5.43. The van der Waals surface area contributed by atoms with Crippen molar-refractivity contribution < 1.29 is 4.42 Å². The molecule has 0 amide bonds. The van der Waals surface area contributed by atoms with Crippen molar-refractivity contribution in [3.63, 3.8) is 0 Å². The first kappa shape index (κ1) is 12.6. The lowest BCUT2D eigenvalue weighted by Gasteiger charge is -2.21. The molecule has 1 N–H and O–H groups in total. The van der Waals surface area contributed by atoms with Gasteiger partial charge >= 0.3 is 0 Å². The lowest BCUT2D eigenvalue weighted by molar-refractivity contribution is 0.507. The van der Waals surface area contributed by atoms with Crippen molar-refractivity contribution in [3.05, 3.63) is 48.2 Å². The van der Waals surface area contributed by atoms with E-state index in [9.17, 15) is 0 Å². The zero-order valence-electron chi connectivity index (χ0n) is 10.9. The molecule has 0 aliphatic heterocycles. The molecule has 0 bridgehead atoms. The van der Waals surface area contributed by atoms with Crippen LogP contribution >= 0.6 is 0 Å². The van der Waals surface area contributed by atoms with Crippen LogP contribution in [0.2, 0.25) is 0 Å². The summed E-state index contributed by atoms with van der Waals surface area (Å²) in [6.45, 7) is 4.67. The fourth-order valence-electron chi connectivity index (χ4n) is 1.89. The first-order valence-corrected chi connectivity index (χ1v) is 6.18. The zero-order valence-corrected chi connectivity index (χ0v) is 10.9. The lowest BCUT2D eigenvalue weighted by atomic mass is 10.2. The summed E-state index contributed by atoms with van der Waals surface area (Å²) in [7, 11) is 2.05. The second-order valence-electron chi connectivity index (χ2n) is 4.22. The van der Waals surface area contributed by atoms with Crippen LogP contribution in [0.1, 0.15) is 18.2 Å². The Kier molecular flexibility index (Phi) is 4.36. The molecular weight excluding hydrogens is 226 g/mol. The number of furan rings is 1. The van der Waals surface area contributed by atoms with Crippen LogP contribution in [0.15, 0.2) is 41.3 Å². The van der Waals surface area contributed by atoms with E-state index in [0.717, 1.165) is 31.1 Å². The maximum Gasteiger partial charge on any atom is 0.123 e. The van der Waals surface area contributed by atoms with E-state index >= 15 is 0 Å². The quantitative estimate of drug-likeness (QED) is 0.848. The smallest absolute Gasteiger partial charge is 0.123 e. The van der Waals surface area contributed by atoms with Crippen molar-refractivity contribution in [1.82, 2.24) is 10.3 Å². The number of pyridine rings is 1. The number of anilines is 1. The van der Waals surface area contributed by atoms with Crippen LogP contribution in [0.25, 0.3) is 0 Å². The fraction of sp³-hybridized carbons (Fsp3) is 0.357. The van der Waals surface area contributed by atoms with Crippen molar-refractivity contribution >= 4 is 5.69 Å². The number of nitrogens with zero attached hydrogens (tertiary/aromatic N) is 2. The maximum atomic E-state index is 5.37. The van der Waals surface area contributed by atoms with Crippen LogP contribution in [0.3, 0.4) is 0 Å². The van der Waals surface area contributed by atoms with Gasteiger partial charge in [-0.1, -0.05) is 6.92 Å². The number of aromatic nitrogens is 1. The second kappa shape index (κ2) is 6.21. The van der Waals surface area contributed by atoms with Gasteiger partial charge in [0, 0.05) is 19.8 Å². The summed E-state index contributed by atoms with van der Waals surface area (Å²) in [5.41, 5.74) is 2.38. The van der Waals surface area contributed by atoms with Crippen molar-refractivity contribution in [3.8, 4) is 0 Å². The molecular formula is C14H19N3O. The molecule has 0 atom stereocenters. The van der Waals surface area contributed by atoms with Gasteiger partial charge in [0.25, 0.3) is 0 Å². The van der Waals surface area contributed by atoms with E-state index in [1.54, 1.807) is 6.26 Å². The summed E-state index contributed by atoms with van der Waals surface area (Å²) in [5.74, 6) is 0.954. The van der Waals surface area contributed by atoms with Crippen LogP contribution in [-0.2, 0) is 13.1 Å². The molecule has 2 rings (SSSR count). The second-order valence-corrected chi connectivity index (χ2v) is 4.22. The van der Waals surface area contributed by atoms with Crippen LogP contribution in [0.4, 0.5) is 5.69 Å². The Morgan fingerprint density at radius 1 is 1.39 bits per heavy atom. The first-order valence-electron chi connectivity index (χ1n) is 6.18. The maximum absolute atomic E-state index is 5.37. The largest absolute Gasteiger partial charge is 0.467 e. The molecule has 0 saturated heterocycles. The molecule has 0 aromatic carbocycles.